The van der Waals surface area contributed by atoms with E-state index in [2.05, 4.69) is 12.2 Å². The van der Waals surface area contributed by atoms with Crippen LogP contribution in [0, 0.1) is 5.82 Å². The van der Waals surface area contributed by atoms with Crippen molar-refractivity contribution in [2.45, 2.75) is 52.1 Å². The van der Waals surface area contributed by atoms with Crippen LogP contribution in [-0.2, 0) is 4.79 Å². The van der Waals surface area contributed by atoms with Gasteiger partial charge < -0.3 is 4.90 Å². The number of rotatable bonds is 8. The van der Waals surface area contributed by atoms with Gasteiger partial charge in [-0.05, 0) is 38.0 Å². The number of amides is 1. The van der Waals surface area contributed by atoms with Gasteiger partial charge in [-0.2, -0.15) is 0 Å². The minimum atomic E-state index is -0.248. The number of benzene rings is 1. The first-order chi connectivity index (χ1) is 9.99. The average Bonchev–Trinajstić information content (AvgIpc) is 2.50. The maximum atomic E-state index is 13.1. The van der Waals surface area contributed by atoms with Gasteiger partial charge in [-0.25, -0.2) is 4.39 Å². The van der Waals surface area contributed by atoms with E-state index < -0.39 is 0 Å². The van der Waals surface area contributed by atoms with Crippen LogP contribution in [-0.4, -0.2) is 30.4 Å². The lowest BCUT2D eigenvalue weighted by Crippen LogP contribution is -2.44. The van der Waals surface area contributed by atoms with Gasteiger partial charge in [0.05, 0.1) is 6.04 Å². The summed E-state index contributed by atoms with van der Waals surface area (Å²) in [6.45, 7) is 6.68. The molecule has 1 aromatic carbocycles. The van der Waals surface area contributed by atoms with Crippen molar-refractivity contribution in [1.82, 2.24) is 10.2 Å². The van der Waals surface area contributed by atoms with Crippen molar-refractivity contribution >= 4 is 5.91 Å². The van der Waals surface area contributed by atoms with E-state index in [9.17, 15) is 9.18 Å². The number of likely N-dealkylation sites (N-methyl/N-ethyl adjacent to an activating group) is 1. The minimum absolute atomic E-state index is 0.0785. The van der Waals surface area contributed by atoms with Crippen LogP contribution in [0.15, 0.2) is 24.3 Å². The molecule has 2 atom stereocenters. The largest absolute Gasteiger partial charge is 0.345 e. The SMILES string of the molecule is CCCCC(NC(C)C(=O)N(C)CC)c1ccc(F)cc1. The van der Waals surface area contributed by atoms with Crippen LogP contribution >= 0.6 is 0 Å². The molecule has 0 aliphatic heterocycles. The van der Waals surface area contributed by atoms with Gasteiger partial charge in [0, 0.05) is 19.6 Å². The van der Waals surface area contributed by atoms with E-state index in [1.165, 1.54) is 12.1 Å². The quantitative estimate of drug-likeness (QED) is 0.795. The van der Waals surface area contributed by atoms with Gasteiger partial charge in [0.15, 0.2) is 0 Å². The van der Waals surface area contributed by atoms with Crippen molar-refractivity contribution in [1.29, 1.82) is 0 Å². The number of hydrogen-bond acceptors (Lipinski definition) is 2. The summed E-state index contributed by atoms with van der Waals surface area (Å²) in [6.07, 6.45) is 3.10. The topological polar surface area (TPSA) is 32.3 Å². The summed E-state index contributed by atoms with van der Waals surface area (Å²) in [5.41, 5.74) is 1.03. The number of unbranched alkanes of at least 4 members (excludes halogenated alkanes) is 1. The molecule has 0 radical (unpaired) electrons. The highest BCUT2D eigenvalue weighted by Gasteiger charge is 2.20. The van der Waals surface area contributed by atoms with E-state index in [0.29, 0.717) is 6.54 Å². The van der Waals surface area contributed by atoms with Gasteiger partial charge in [-0.15, -0.1) is 0 Å². The summed E-state index contributed by atoms with van der Waals surface area (Å²) in [7, 11) is 1.81. The maximum absolute atomic E-state index is 13.1. The summed E-state index contributed by atoms with van der Waals surface area (Å²) in [5, 5.41) is 3.39. The Morgan fingerprint density at radius 1 is 1.29 bits per heavy atom. The first kappa shape index (κ1) is 17.6. The molecule has 3 nitrogen and oxygen atoms in total. The zero-order chi connectivity index (χ0) is 15.8. The molecule has 1 rings (SSSR count). The molecule has 1 aromatic rings. The predicted molar refractivity (Wildman–Crippen MR) is 84.6 cm³/mol. The normalized spacial score (nSPS) is 13.8. The maximum Gasteiger partial charge on any atom is 0.239 e. The Labute approximate surface area is 127 Å². The molecule has 1 amide bonds. The molecule has 0 saturated heterocycles. The first-order valence-corrected chi connectivity index (χ1v) is 7.76. The highest BCUT2D eigenvalue weighted by atomic mass is 19.1. The van der Waals surface area contributed by atoms with E-state index in [1.54, 1.807) is 24.1 Å². The molecule has 118 valence electrons. The monoisotopic (exact) mass is 294 g/mol. The molecular formula is C17H27FN2O. The second-order valence-corrected chi connectivity index (χ2v) is 5.49. The van der Waals surface area contributed by atoms with Crippen LogP contribution < -0.4 is 5.32 Å². The lowest BCUT2D eigenvalue weighted by Gasteiger charge is -2.26. The van der Waals surface area contributed by atoms with E-state index in [1.807, 2.05) is 13.8 Å². The molecule has 0 aliphatic rings. The van der Waals surface area contributed by atoms with Crippen LogP contribution in [0.2, 0.25) is 0 Å². The molecule has 0 saturated carbocycles. The predicted octanol–water partition coefficient (Wildman–Crippen LogP) is 3.51. The number of hydrogen-bond donors (Lipinski definition) is 1. The highest BCUT2D eigenvalue weighted by Crippen LogP contribution is 2.20. The molecule has 0 heterocycles. The lowest BCUT2D eigenvalue weighted by atomic mass is 10.00. The van der Waals surface area contributed by atoms with Crippen LogP contribution in [0.4, 0.5) is 4.39 Å². The number of nitrogens with zero attached hydrogens (tertiary/aromatic N) is 1. The molecule has 0 aromatic heterocycles. The van der Waals surface area contributed by atoms with Crippen molar-refractivity contribution in [3.63, 3.8) is 0 Å². The van der Waals surface area contributed by atoms with Crippen molar-refractivity contribution in [2.24, 2.45) is 0 Å². The van der Waals surface area contributed by atoms with E-state index >= 15 is 0 Å². The van der Waals surface area contributed by atoms with Gasteiger partial charge >= 0.3 is 0 Å². The Balaban J connectivity index is 2.78. The van der Waals surface area contributed by atoms with Crippen LogP contribution in [0.1, 0.15) is 51.6 Å². The van der Waals surface area contributed by atoms with Gasteiger partial charge in [0.2, 0.25) is 5.91 Å². The fourth-order valence-electron chi connectivity index (χ4n) is 2.31. The fraction of sp³-hybridized carbons (Fsp3) is 0.588. The van der Waals surface area contributed by atoms with Gasteiger partial charge in [-0.1, -0.05) is 31.9 Å². The molecule has 21 heavy (non-hydrogen) atoms. The van der Waals surface area contributed by atoms with Gasteiger partial charge in [-0.3, -0.25) is 10.1 Å². The number of carbonyl (C=O) groups is 1. The third kappa shape index (κ3) is 5.46. The molecule has 4 heteroatoms. The fourth-order valence-corrected chi connectivity index (χ4v) is 2.31. The van der Waals surface area contributed by atoms with E-state index in [-0.39, 0.29) is 23.8 Å². The third-order valence-electron chi connectivity index (χ3n) is 3.79. The Morgan fingerprint density at radius 2 is 1.90 bits per heavy atom. The smallest absolute Gasteiger partial charge is 0.239 e. The van der Waals surface area contributed by atoms with E-state index in [0.717, 1.165) is 24.8 Å². The molecule has 0 bridgehead atoms. The molecular weight excluding hydrogens is 267 g/mol. The van der Waals surface area contributed by atoms with E-state index in [4.69, 9.17) is 0 Å². The Morgan fingerprint density at radius 3 is 2.43 bits per heavy atom. The van der Waals surface area contributed by atoms with Crippen molar-refractivity contribution in [3.8, 4) is 0 Å². The van der Waals surface area contributed by atoms with Crippen molar-refractivity contribution in [2.75, 3.05) is 13.6 Å². The number of carbonyl (C=O) groups excluding carboxylic acids is 1. The minimum Gasteiger partial charge on any atom is -0.345 e. The van der Waals surface area contributed by atoms with Crippen LogP contribution in [0.25, 0.3) is 0 Å². The molecule has 0 spiro atoms. The number of nitrogens with one attached hydrogen (secondary N) is 1. The zero-order valence-electron chi connectivity index (χ0n) is 13.5. The summed E-state index contributed by atoms with van der Waals surface area (Å²) in [5.74, 6) is -0.149. The third-order valence-corrected chi connectivity index (χ3v) is 3.79. The highest BCUT2D eigenvalue weighted by molar-refractivity contribution is 5.81. The van der Waals surface area contributed by atoms with Gasteiger partial charge in [0.25, 0.3) is 0 Å². The van der Waals surface area contributed by atoms with Gasteiger partial charge in [0.1, 0.15) is 5.82 Å². The van der Waals surface area contributed by atoms with Crippen molar-refractivity contribution < 1.29 is 9.18 Å². The van der Waals surface area contributed by atoms with Crippen LogP contribution in [0.5, 0.6) is 0 Å². The second-order valence-electron chi connectivity index (χ2n) is 5.49. The first-order valence-electron chi connectivity index (χ1n) is 7.76. The number of halogens is 1. The Kier molecular flexibility index (Phi) is 7.37. The Hall–Kier alpha value is -1.42. The Bertz CT molecular complexity index is 433. The molecule has 0 aliphatic carbocycles. The molecule has 1 N–H and O–H groups in total. The second kappa shape index (κ2) is 8.78. The summed E-state index contributed by atoms with van der Waals surface area (Å²) in [4.78, 5) is 13.9. The summed E-state index contributed by atoms with van der Waals surface area (Å²) >= 11 is 0. The molecule has 2 unspecified atom stereocenters. The summed E-state index contributed by atoms with van der Waals surface area (Å²) < 4.78 is 13.1. The van der Waals surface area contributed by atoms with Crippen molar-refractivity contribution in [3.05, 3.63) is 35.6 Å². The summed E-state index contributed by atoms with van der Waals surface area (Å²) in [6, 6.07) is 6.37. The van der Waals surface area contributed by atoms with Crippen LogP contribution in [0.3, 0.4) is 0 Å². The molecule has 0 fully saturated rings. The average molecular weight is 294 g/mol. The zero-order valence-corrected chi connectivity index (χ0v) is 13.5. The standard InChI is InChI=1S/C17H27FN2O/c1-5-7-8-16(14-9-11-15(18)12-10-14)19-13(3)17(21)20(4)6-2/h9-13,16,19H,5-8H2,1-4H3. The lowest BCUT2D eigenvalue weighted by molar-refractivity contribution is -0.131.